The van der Waals surface area contributed by atoms with Crippen LogP contribution in [0, 0.1) is 18.7 Å². The quantitative estimate of drug-likeness (QED) is 0.146. The third-order valence-electron chi connectivity index (χ3n) is 7.76. The van der Waals surface area contributed by atoms with Gasteiger partial charge in [0.25, 0.3) is 11.5 Å². The summed E-state index contributed by atoms with van der Waals surface area (Å²) in [7, 11) is 5.06. The largest absolute Gasteiger partial charge is 0.497 e. The number of hydrogen-bond donors (Lipinski definition) is 3. The lowest BCUT2D eigenvalue weighted by molar-refractivity contribution is -0.154. The molecule has 0 spiro atoms. The molecule has 0 bridgehead atoms. The first kappa shape index (κ1) is 40.0. The summed E-state index contributed by atoms with van der Waals surface area (Å²) in [6, 6.07) is 18.7. The lowest BCUT2D eigenvalue weighted by atomic mass is 10.0. The maximum absolute atomic E-state index is 15.3. The van der Waals surface area contributed by atoms with Crippen LogP contribution in [0.15, 0.2) is 95.9 Å². The van der Waals surface area contributed by atoms with Crippen molar-refractivity contribution in [2.24, 2.45) is 5.92 Å². The fraction of sp³-hybridized carbons (Fsp3) is 0.211. The Kier molecular flexibility index (Phi) is 13.0. The Morgan fingerprint density at radius 3 is 2.17 bits per heavy atom. The molecule has 0 aliphatic rings. The van der Waals surface area contributed by atoms with Gasteiger partial charge in [-0.25, -0.2) is 18.8 Å². The Morgan fingerprint density at radius 1 is 0.926 bits per heavy atom. The number of pyridine rings is 1. The Morgan fingerprint density at radius 2 is 1.59 bits per heavy atom. The summed E-state index contributed by atoms with van der Waals surface area (Å²) in [4.78, 5) is 72.4. The number of carboxylic acid groups (broad SMARTS) is 2. The highest BCUT2D eigenvalue weighted by atomic mass is 19.1. The fourth-order valence-electron chi connectivity index (χ4n) is 5.40. The lowest BCUT2D eigenvalue weighted by Gasteiger charge is -2.26. The zero-order chi connectivity index (χ0) is 39.7. The third-order valence-corrected chi connectivity index (χ3v) is 7.76. The number of para-hydroxylation sites is 1. The van der Waals surface area contributed by atoms with Gasteiger partial charge in [0.2, 0.25) is 0 Å². The molecule has 0 saturated heterocycles. The molecule has 3 aromatic carbocycles. The van der Waals surface area contributed by atoms with Crippen LogP contribution in [-0.2, 0) is 14.4 Å². The van der Waals surface area contributed by atoms with Gasteiger partial charge in [-0.3, -0.25) is 19.5 Å². The monoisotopic (exact) mass is 743 g/mol. The SMILES string of the molecule is COc1ccc2c(Oc3ccc(NC(=O)c4c(C)n(OC(=O)[C@H](C(C)C)N(C)C)n(-c5ccccc5)c4=O)cc3F)ccnc2c1.O=C(O)/C=C\C(=O)O. The van der Waals surface area contributed by atoms with Crippen molar-refractivity contribution in [1.82, 2.24) is 19.4 Å². The molecule has 5 rings (SSSR count). The van der Waals surface area contributed by atoms with E-state index in [2.05, 4.69) is 10.3 Å². The normalized spacial score (nSPS) is 11.6. The topological polar surface area (TPSA) is 192 Å². The van der Waals surface area contributed by atoms with Crippen LogP contribution in [-0.4, -0.2) is 80.7 Å². The van der Waals surface area contributed by atoms with Gasteiger partial charge >= 0.3 is 17.9 Å². The van der Waals surface area contributed by atoms with Crippen LogP contribution in [0.4, 0.5) is 10.1 Å². The molecule has 0 saturated carbocycles. The van der Waals surface area contributed by atoms with Crippen molar-refractivity contribution in [2.75, 3.05) is 26.5 Å². The van der Waals surface area contributed by atoms with E-state index in [1.807, 2.05) is 13.8 Å². The number of amides is 1. The first-order valence-electron chi connectivity index (χ1n) is 16.3. The Bertz CT molecular complexity index is 2240. The van der Waals surface area contributed by atoms with Crippen molar-refractivity contribution in [1.29, 1.82) is 0 Å². The van der Waals surface area contributed by atoms with Gasteiger partial charge < -0.3 is 29.8 Å². The number of anilines is 1. The van der Waals surface area contributed by atoms with Gasteiger partial charge in [-0.05, 0) is 69.4 Å². The van der Waals surface area contributed by atoms with Crippen molar-refractivity contribution < 1.29 is 48.1 Å². The molecular formula is C38H38FN5O10. The van der Waals surface area contributed by atoms with Gasteiger partial charge in [0.05, 0.1) is 24.0 Å². The molecule has 282 valence electrons. The number of halogens is 1. The van der Waals surface area contributed by atoms with E-state index in [1.54, 1.807) is 86.9 Å². The molecule has 5 aromatic rings. The minimum absolute atomic E-state index is 0.0809. The molecule has 1 amide bonds. The number of aromatic nitrogens is 3. The van der Waals surface area contributed by atoms with Crippen LogP contribution in [0.5, 0.6) is 17.2 Å². The van der Waals surface area contributed by atoms with Gasteiger partial charge in [-0.1, -0.05) is 32.0 Å². The van der Waals surface area contributed by atoms with Crippen LogP contribution in [0.1, 0.15) is 29.9 Å². The van der Waals surface area contributed by atoms with E-state index in [1.165, 1.54) is 19.1 Å². The first-order chi connectivity index (χ1) is 25.6. The highest BCUT2D eigenvalue weighted by Gasteiger charge is 2.31. The summed E-state index contributed by atoms with van der Waals surface area (Å²) in [5.74, 6) is -3.85. The molecule has 0 aliphatic heterocycles. The predicted molar refractivity (Wildman–Crippen MR) is 196 cm³/mol. The predicted octanol–water partition coefficient (Wildman–Crippen LogP) is 4.94. The molecule has 1 atom stereocenters. The standard InChI is InChI=1S/C34H34FN5O6.C4H4O4/c1-20(2)31(38(4)5)34(43)46-40-21(3)30(33(42)39(40)23-10-8-7-9-11-23)32(41)37-22-12-15-29(26(35)18-22)45-28-16-17-36-27-19-24(44-6)13-14-25(27)28;5-3(6)1-2-4(7)8/h7-20,31H,1-6H3,(H,37,41);1-2H,(H,5,6)(H,7,8)/b;2-1-/t31-;/m0./s1. The van der Waals surface area contributed by atoms with E-state index in [9.17, 15) is 24.0 Å². The molecule has 0 aliphatic carbocycles. The number of aliphatic carboxylic acids is 2. The highest BCUT2D eigenvalue weighted by Crippen LogP contribution is 2.33. The number of benzene rings is 3. The summed E-state index contributed by atoms with van der Waals surface area (Å²) in [6.45, 7) is 5.25. The molecule has 0 unspecified atom stereocenters. The molecule has 54 heavy (non-hydrogen) atoms. The van der Waals surface area contributed by atoms with Gasteiger partial charge in [0, 0.05) is 41.6 Å². The lowest BCUT2D eigenvalue weighted by Crippen LogP contribution is -2.46. The number of carboxylic acids is 2. The number of nitrogens with one attached hydrogen (secondary N) is 1. The smallest absolute Gasteiger partial charge is 0.352 e. The molecule has 0 radical (unpaired) electrons. The number of nitrogens with zero attached hydrogens (tertiary/aromatic N) is 4. The van der Waals surface area contributed by atoms with Crippen molar-refractivity contribution >= 4 is 40.4 Å². The number of fused-ring (bicyclic) bond motifs is 1. The summed E-state index contributed by atoms with van der Waals surface area (Å²) in [5.41, 5.74) is 0.160. The highest BCUT2D eigenvalue weighted by molar-refractivity contribution is 6.05. The van der Waals surface area contributed by atoms with Crippen molar-refractivity contribution in [3.63, 3.8) is 0 Å². The van der Waals surface area contributed by atoms with Crippen LogP contribution < -0.4 is 25.2 Å². The van der Waals surface area contributed by atoms with Crippen LogP contribution in [0.3, 0.4) is 0 Å². The maximum atomic E-state index is 15.3. The van der Waals surface area contributed by atoms with E-state index in [0.29, 0.717) is 40.2 Å². The molecule has 0 fully saturated rings. The van der Waals surface area contributed by atoms with Crippen molar-refractivity contribution in [3.05, 3.63) is 119 Å². The molecule has 16 heteroatoms. The minimum Gasteiger partial charge on any atom is -0.497 e. The number of ether oxygens (including phenoxy) is 2. The average Bonchev–Trinajstić information content (AvgIpc) is 3.36. The zero-order valence-electron chi connectivity index (χ0n) is 30.1. The summed E-state index contributed by atoms with van der Waals surface area (Å²) in [6.07, 6.45) is 2.66. The van der Waals surface area contributed by atoms with Crippen LogP contribution in [0.2, 0.25) is 0 Å². The molecule has 2 aromatic heterocycles. The van der Waals surface area contributed by atoms with Gasteiger partial charge in [0.15, 0.2) is 11.6 Å². The molecule has 2 heterocycles. The average molecular weight is 744 g/mol. The number of hydrogen-bond acceptors (Lipinski definition) is 10. The maximum Gasteiger partial charge on any atom is 0.352 e. The molecule has 3 N–H and O–H groups in total. The van der Waals surface area contributed by atoms with E-state index >= 15 is 4.39 Å². The number of likely N-dealkylation sites (N-methyl/N-ethyl adjacent to an activating group) is 1. The second-order valence-corrected chi connectivity index (χ2v) is 12.2. The van der Waals surface area contributed by atoms with Crippen LogP contribution in [0.25, 0.3) is 16.6 Å². The van der Waals surface area contributed by atoms with Crippen LogP contribution >= 0.6 is 0 Å². The molecule has 15 nitrogen and oxygen atoms in total. The summed E-state index contributed by atoms with van der Waals surface area (Å²) in [5, 5.41) is 18.9. The van der Waals surface area contributed by atoms with E-state index in [-0.39, 0.29) is 28.6 Å². The first-order valence-corrected chi connectivity index (χ1v) is 16.3. The minimum atomic E-state index is -1.26. The van der Waals surface area contributed by atoms with E-state index < -0.39 is 41.2 Å². The number of carbonyl (C=O) groups excluding carboxylic acids is 2. The van der Waals surface area contributed by atoms with Gasteiger partial charge in [-0.15, -0.1) is 4.85 Å². The van der Waals surface area contributed by atoms with Crippen molar-refractivity contribution in [3.8, 4) is 22.9 Å². The zero-order valence-corrected chi connectivity index (χ0v) is 30.1. The second-order valence-electron chi connectivity index (χ2n) is 12.2. The number of carbonyl (C=O) groups is 4. The summed E-state index contributed by atoms with van der Waals surface area (Å²) < 4.78 is 27.5. The number of rotatable bonds is 12. The van der Waals surface area contributed by atoms with Gasteiger partial charge in [-0.2, -0.15) is 4.68 Å². The number of methoxy groups -OCH3 is 1. The van der Waals surface area contributed by atoms with Crippen molar-refractivity contribution in [2.45, 2.75) is 26.8 Å². The second kappa shape index (κ2) is 17.6. The fourth-order valence-corrected chi connectivity index (χ4v) is 5.40. The Labute approximate surface area is 308 Å². The van der Waals surface area contributed by atoms with E-state index in [4.69, 9.17) is 24.5 Å². The Hall–Kier alpha value is -6.81. The Balaban J connectivity index is 0.000000730. The van der Waals surface area contributed by atoms with E-state index in [0.717, 1.165) is 15.6 Å². The third kappa shape index (κ3) is 9.54. The van der Waals surface area contributed by atoms with Gasteiger partial charge in [0.1, 0.15) is 23.1 Å². The summed E-state index contributed by atoms with van der Waals surface area (Å²) >= 11 is 0. The molecular weight excluding hydrogens is 705 g/mol.